The van der Waals surface area contributed by atoms with Crippen molar-refractivity contribution >= 4 is 17.9 Å². The van der Waals surface area contributed by atoms with E-state index in [9.17, 15) is 34.8 Å². The molecule has 1 aliphatic heterocycles. The van der Waals surface area contributed by atoms with Crippen LogP contribution in [0.4, 0.5) is 0 Å². The van der Waals surface area contributed by atoms with Crippen LogP contribution in [0.1, 0.15) is 168 Å². The summed E-state index contributed by atoms with van der Waals surface area (Å²) in [5, 5.41) is 39.8. The number of carbonyl (C=O) groups excluding carboxylic acids is 2. The van der Waals surface area contributed by atoms with Crippen molar-refractivity contribution in [1.29, 1.82) is 0 Å². The highest BCUT2D eigenvalue weighted by Crippen LogP contribution is 2.23. The molecule has 0 saturated carbocycles. The molecule has 1 heterocycles. The van der Waals surface area contributed by atoms with Crippen LogP contribution < -0.4 is 0 Å². The number of aliphatic carboxylic acids is 1. The lowest BCUT2D eigenvalue weighted by molar-refractivity contribution is -0.298. The number of aliphatic hydroxyl groups excluding tert-OH is 3. The van der Waals surface area contributed by atoms with E-state index in [1.807, 2.05) is 0 Å². The summed E-state index contributed by atoms with van der Waals surface area (Å²) in [5.74, 6) is -2.48. The fraction of sp³-hybridized carbons (Fsp3) is 0.756. The number of allylic oxidation sites excluding steroid dienone is 8. The molecule has 1 rings (SSSR count). The van der Waals surface area contributed by atoms with Crippen molar-refractivity contribution in [3.05, 3.63) is 48.6 Å². The highest BCUT2D eigenvalue weighted by Gasteiger charge is 2.47. The third kappa shape index (κ3) is 26.9. The van der Waals surface area contributed by atoms with Gasteiger partial charge in [-0.2, -0.15) is 0 Å². The smallest absolute Gasteiger partial charge is 0.335 e. The maximum Gasteiger partial charge on any atom is 0.335 e. The summed E-state index contributed by atoms with van der Waals surface area (Å²) in [6.07, 6.45) is 31.6. The predicted octanol–water partition coefficient (Wildman–Crippen LogP) is 8.98. The average Bonchev–Trinajstić information content (AvgIpc) is 3.18. The Kier molecular flexibility index (Phi) is 32.3. The zero-order chi connectivity index (χ0) is 41.1. The van der Waals surface area contributed by atoms with Gasteiger partial charge in [-0.1, -0.05) is 133 Å². The van der Waals surface area contributed by atoms with Crippen LogP contribution in [0, 0.1) is 0 Å². The van der Waals surface area contributed by atoms with Crippen molar-refractivity contribution in [3.63, 3.8) is 0 Å². The molecule has 0 spiro atoms. The first-order valence-corrected chi connectivity index (χ1v) is 21.7. The normalized spacial score (nSPS) is 20.8. The zero-order valence-electron chi connectivity index (χ0n) is 34.6. The Hall–Kier alpha value is -2.83. The third-order valence-corrected chi connectivity index (χ3v) is 9.66. The minimum atomic E-state index is -1.87. The van der Waals surface area contributed by atoms with Gasteiger partial charge in [-0.15, -0.1) is 0 Å². The Labute approximate surface area is 337 Å². The lowest BCUT2D eigenvalue weighted by Gasteiger charge is -2.38. The number of carboxylic acids is 1. The van der Waals surface area contributed by atoms with Gasteiger partial charge in [-0.05, 0) is 70.6 Å². The van der Waals surface area contributed by atoms with E-state index in [-0.39, 0.29) is 19.4 Å². The molecule has 6 unspecified atom stereocenters. The molecule has 0 aromatic heterocycles. The molecule has 0 aliphatic carbocycles. The van der Waals surface area contributed by atoms with Gasteiger partial charge in [0.15, 0.2) is 18.5 Å². The van der Waals surface area contributed by atoms with Gasteiger partial charge in [0.2, 0.25) is 0 Å². The summed E-state index contributed by atoms with van der Waals surface area (Å²) >= 11 is 0. The second-order valence-electron chi connectivity index (χ2n) is 14.8. The Bertz CT molecular complexity index is 1120. The van der Waals surface area contributed by atoms with Gasteiger partial charge in [-0.25, -0.2) is 4.79 Å². The maximum atomic E-state index is 12.7. The van der Waals surface area contributed by atoms with Gasteiger partial charge in [0.05, 0.1) is 6.61 Å². The minimum Gasteiger partial charge on any atom is -0.479 e. The summed E-state index contributed by atoms with van der Waals surface area (Å²) in [5.41, 5.74) is 0. The van der Waals surface area contributed by atoms with Gasteiger partial charge in [0.1, 0.15) is 24.9 Å². The van der Waals surface area contributed by atoms with Crippen molar-refractivity contribution in [2.45, 2.75) is 205 Å². The van der Waals surface area contributed by atoms with Crippen LogP contribution in [-0.2, 0) is 33.3 Å². The van der Waals surface area contributed by atoms with E-state index in [4.69, 9.17) is 18.9 Å². The van der Waals surface area contributed by atoms with Crippen LogP contribution in [0.2, 0.25) is 0 Å². The highest BCUT2D eigenvalue weighted by molar-refractivity contribution is 5.73. The number of rotatable bonds is 35. The van der Waals surface area contributed by atoms with Crippen molar-refractivity contribution in [2.24, 2.45) is 0 Å². The summed E-state index contributed by atoms with van der Waals surface area (Å²) in [6, 6.07) is 0. The van der Waals surface area contributed by atoms with Crippen molar-refractivity contribution in [2.75, 3.05) is 13.2 Å². The highest BCUT2D eigenvalue weighted by atomic mass is 16.7. The molecule has 0 aromatic rings. The fourth-order valence-electron chi connectivity index (χ4n) is 6.24. The summed E-state index contributed by atoms with van der Waals surface area (Å²) < 4.78 is 21.7. The molecular weight excluding hydrogens is 716 g/mol. The largest absolute Gasteiger partial charge is 0.479 e. The van der Waals surface area contributed by atoms with Crippen molar-refractivity contribution < 1.29 is 53.8 Å². The molecule has 0 aromatic carbocycles. The molecule has 11 nitrogen and oxygen atoms in total. The second-order valence-corrected chi connectivity index (χ2v) is 14.8. The van der Waals surface area contributed by atoms with Crippen LogP contribution >= 0.6 is 0 Å². The lowest BCUT2D eigenvalue weighted by atomic mass is 9.99. The number of ether oxygens (including phenoxy) is 4. The van der Waals surface area contributed by atoms with E-state index in [2.05, 4.69) is 62.5 Å². The molecule has 56 heavy (non-hydrogen) atoms. The topological polar surface area (TPSA) is 169 Å². The molecule has 4 N–H and O–H groups in total. The average molecular weight is 793 g/mol. The van der Waals surface area contributed by atoms with Crippen LogP contribution in [0.15, 0.2) is 48.6 Å². The van der Waals surface area contributed by atoms with E-state index in [0.29, 0.717) is 12.8 Å². The molecule has 1 aliphatic rings. The number of unbranched alkanes of at least 4 members (excludes halogenated alkanes) is 16. The Morgan fingerprint density at radius 3 is 1.61 bits per heavy atom. The number of esters is 2. The molecular formula is C45H76O11. The summed E-state index contributed by atoms with van der Waals surface area (Å²) in [6.45, 7) is 3.66. The summed E-state index contributed by atoms with van der Waals surface area (Å²) in [4.78, 5) is 36.8. The zero-order valence-corrected chi connectivity index (χ0v) is 34.6. The van der Waals surface area contributed by atoms with Crippen LogP contribution in [0.5, 0.6) is 0 Å². The molecule has 1 saturated heterocycles. The molecule has 11 heteroatoms. The monoisotopic (exact) mass is 793 g/mol. The van der Waals surface area contributed by atoms with Gasteiger partial charge < -0.3 is 39.4 Å². The van der Waals surface area contributed by atoms with Crippen LogP contribution in [-0.4, -0.2) is 88.4 Å². The predicted molar refractivity (Wildman–Crippen MR) is 220 cm³/mol. The molecule has 6 atom stereocenters. The van der Waals surface area contributed by atoms with Gasteiger partial charge in [0, 0.05) is 12.8 Å². The Morgan fingerprint density at radius 2 is 1.05 bits per heavy atom. The third-order valence-electron chi connectivity index (χ3n) is 9.66. The van der Waals surface area contributed by atoms with E-state index in [1.165, 1.54) is 38.5 Å². The first-order valence-electron chi connectivity index (χ1n) is 21.7. The van der Waals surface area contributed by atoms with E-state index < -0.39 is 61.3 Å². The minimum absolute atomic E-state index is 0.168. The van der Waals surface area contributed by atoms with Gasteiger partial charge >= 0.3 is 17.9 Å². The van der Waals surface area contributed by atoms with E-state index in [1.54, 1.807) is 0 Å². The van der Waals surface area contributed by atoms with Gasteiger partial charge in [0.25, 0.3) is 0 Å². The number of aliphatic hydroxyl groups is 3. The van der Waals surface area contributed by atoms with Crippen molar-refractivity contribution in [3.8, 4) is 0 Å². The van der Waals surface area contributed by atoms with E-state index in [0.717, 1.165) is 89.9 Å². The Balaban J connectivity index is 2.41. The molecule has 0 amide bonds. The first-order chi connectivity index (χ1) is 27.2. The van der Waals surface area contributed by atoms with Crippen LogP contribution in [0.25, 0.3) is 0 Å². The van der Waals surface area contributed by atoms with Crippen molar-refractivity contribution in [1.82, 2.24) is 0 Å². The SMILES string of the molecule is CC/C=C\C/C=C\C/C=C\CCCCCCCC(=O)OCC(COC1OC(C(=O)O)C(O)C(O)C1O)OC(=O)CCCCCCC/C=C\CCCCCCCC. The molecule has 1 fully saturated rings. The molecule has 0 bridgehead atoms. The number of hydrogen-bond acceptors (Lipinski definition) is 10. The quantitative estimate of drug-likeness (QED) is 0.0275. The maximum absolute atomic E-state index is 12.7. The number of carboxylic acid groups (broad SMARTS) is 1. The number of hydrogen-bond donors (Lipinski definition) is 4. The fourth-order valence-corrected chi connectivity index (χ4v) is 6.24. The van der Waals surface area contributed by atoms with Crippen LogP contribution in [0.3, 0.4) is 0 Å². The second kappa shape index (κ2) is 35.3. The molecule has 322 valence electrons. The number of carbonyl (C=O) groups is 3. The molecule has 0 radical (unpaired) electrons. The van der Waals surface area contributed by atoms with Gasteiger partial charge in [-0.3, -0.25) is 9.59 Å². The van der Waals surface area contributed by atoms with E-state index >= 15 is 0 Å². The Morgan fingerprint density at radius 1 is 0.571 bits per heavy atom. The lowest BCUT2D eigenvalue weighted by Crippen LogP contribution is -2.60. The summed E-state index contributed by atoms with van der Waals surface area (Å²) in [7, 11) is 0. The first kappa shape index (κ1) is 51.2. The standard InChI is InChI=1S/C45H76O11/c1-3-5-7-9-11-13-15-17-19-21-23-25-27-29-31-33-38(46)53-35-37(36-54-45-42(50)40(48)41(49)43(56-45)44(51)52)55-39(47)34-32-30-28-26-24-22-20-18-16-14-12-10-8-6-4-2/h5,7,11,13,17-20,37,40-43,45,48-50H,3-4,6,8-10,12,14-16,21-36H2,1-2H3,(H,51,52)/b7-5-,13-11-,19-17-,20-18-.